The molecule has 0 heterocycles. The molecule has 2 aromatic carbocycles. The maximum Gasteiger partial charge on any atom is 0.261 e. The van der Waals surface area contributed by atoms with Crippen LogP contribution in [0.2, 0.25) is 0 Å². The lowest BCUT2D eigenvalue weighted by Crippen LogP contribution is -2.40. The lowest BCUT2D eigenvalue weighted by molar-refractivity contribution is -0.129. The Morgan fingerprint density at radius 2 is 1.75 bits per heavy atom. The topological polar surface area (TPSA) is 47.6 Å². The second kappa shape index (κ2) is 10.2. The van der Waals surface area contributed by atoms with Crippen molar-refractivity contribution in [2.75, 3.05) is 7.11 Å². The number of hydrogen-bond acceptors (Lipinski definition) is 3. The highest BCUT2D eigenvalue weighted by Crippen LogP contribution is 2.25. The van der Waals surface area contributed by atoms with Crippen molar-refractivity contribution >= 4 is 5.91 Å². The first-order chi connectivity index (χ1) is 13.3. The monoisotopic (exact) mass is 383 g/mol. The van der Waals surface area contributed by atoms with Gasteiger partial charge in [0, 0.05) is 0 Å². The summed E-state index contributed by atoms with van der Waals surface area (Å²) in [7, 11) is 1.65. The zero-order valence-corrected chi connectivity index (χ0v) is 17.9. The Bertz CT molecular complexity index is 768. The molecule has 0 radical (unpaired) electrons. The molecule has 1 amide bonds. The van der Waals surface area contributed by atoms with Crippen LogP contribution in [0, 0.1) is 19.8 Å². The van der Waals surface area contributed by atoms with Gasteiger partial charge in [-0.3, -0.25) is 4.79 Å². The van der Waals surface area contributed by atoms with Crippen molar-refractivity contribution in [2.24, 2.45) is 5.92 Å². The number of amides is 1. The van der Waals surface area contributed by atoms with Crippen molar-refractivity contribution in [3.63, 3.8) is 0 Å². The van der Waals surface area contributed by atoms with E-state index >= 15 is 0 Å². The highest BCUT2D eigenvalue weighted by molar-refractivity contribution is 5.81. The van der Waals surface area contributed by atoms with Gasteiger partial charge in [0.25, 0.3) is 5.91 Å². The first-order valence-electron chi connectivity index (χ1n) is 10.0. The smallest absolute Gasteiger partial charge is 0.261 e. The standard InChI is InChI=1S/C24H33NO3/c1-7-22(28-23-10-8-9-17(4)18(23)5)24(26)25-21(15-16(2)3)19-11-13-20(27-6)14-12-19/h8-14,16,21-22H,7,15H2,1-6H3,(H,25,26)/t21-,22+/m1/s1. The minimum Gasteiger partial charge on any atom is -0.497 e. The highest BCUT2D eigenvalue weighted by Gasteiger charge is 2.24. The number of benzene rings is 2. The van der Waals surface area contributed by atoms with E-state index in [0.29, 0.717) is 12.3 Å². The van der Waals surface area contributed by atoms with Crippen molar-refractivity contribution in [1.82, 2.24) is 5.32 Å². The molecule has 0 saturated heterocycles. The van der Waals surface area contributed by atoms with Gasteiger partial charge >= 0.3 is 0 Å². The largest absolute Gasteiger partial charge is 0.497 e. The number of methoxy groups -OCH3 is 1. The molecular formula is C24H33NO3. The first-order valence-corrected chi connectivity index (χ1v) is 10.0. The molecule has 0 bridgehead atoms. The van der Waals surface area contributed by atoms with Gasteiger partial charge in [-0.05, 0) is 67.5 Å². The van der Waals surface area contributed by atoms with E-state index in [2.05, 4.69) is 19.2 Å². The van der Waals surface area contributed by atoms with Gasteiger partial charge < -0.3 is 14.8 Å². The van der Waals surface area contributed by atoms with Gasteiger partial charge in [0.2, 0.25) is 0 Å². The van der Waals surface area contributed by atoms with Crippen LogP contribution in [0.25, 0.3) is 0 Å². The van der Waals surface area contributed by atoms with Gasteiger partial charge in [-0.25, -0.2) is 0 Å². The Morgan fingerprint density at radius 3 is 2.32 bits per heavy atom. The summed E-state index contributed by atoms with van der Waals surface area (Å²) in [6.45, 7) is 10.4. The molecule has 0 aromatic heterocycles. The number of carbonyl (C=O) groups excluding carboxylic acids is 1. The minimum atomic E-state index is -0.520. The van der Waals surface area contributed by atoms with Gasteiger partial charge in [-0.2, -0.15) is 0 Å². The van der Waals surface area contributed by atoms with E-state index in [0.717, 1.165) is 34.6 Å². The number of carbonyl (C=O) groups is 1. The van der Waals surface area contributed by atoms with E-state index in [-0.39, 0.29) is 11.9 Å². The Labute approximate surface area is 169 Å². The van der Waals surface area contributed by atoms with Gasteiger partial charge in [-0.1, -0.05) is 45.0 Å². The van der Waals surface area contributed by atoms with Gasteiger partial charge in [0.15, 0.2) is 6.10 Å². The van der Waals surface area contributed by atoms with Crippen LogP contribution in [0.5, 0.6) is 11.5 Å². The third kappa shape index (κ3) is 5.75. The molecule has 4 nitrogen and oxygen atoms in total. The van der Waals surface area contributed by atoms with Crippen LogP contribution in [-0.4, -0.2) is 19.1 Å². The molecule has 2 atom stereocenters. The maximum atomic E-state index is 13.0. The summed E-state index contributed by atoms with van der Waals surface area (Å²) in [5.41, 5.74) is 3.30. The van der Waals surface area contributed by atoms with Crippen LogP contribution in [0.1, 0.15) is 56.3 Å². The average Bonchev–Trinajstić information content (AvgIpc) is 2.68. The lowest BCUT2D eigenvalue weighted by Gasteiger charge is -2.25. The second-order valence-corrected chi connectivity index (χ2v) is 7.68. The fraction of sp³-hybridized carbons (Fsp3) is 0.458. The van der Waals surface area contributed by atoms with Crippen LogP contribution in [0.15, 0.2) is 42.5 Å². The highest BCUT2D eigenvalue weighted by atomic mass is 16.5. The van der Waals surface area contributed by atoms with Crippen molar-refractivity contribution in [1.29, 1.82) is 0 Å². The fourth-order valence-corrected chi connectivity index (χ4v) is 3.18. The Morgan fingerprint density at radius 1 is 1.07 bits per heavy atom. The third-order valence-corrected chi connectivity index (χ3v) is 5.03. The molecule has 0 aliphatic heterocycles. The molecule has 0 aliphatic rings. The number of hydrogen-bond donors (Lipinski definition) is 1. The quantitative estimate of drug-likeness (QED) is 0.633. The summed E-state index contributed by atoms with van der Waals surface area (Å²) in [5.74, 6) is 1.95. The zero-order valence-electron chi connectivity index (χ0n) is 17.9. The molecule has 0 saturated carbocycles. The molecule has 0 spiro atoms. The van der Waals surface area contributed by atoms with Crippen LogP contribution in [-0.2, 0) is 4.79 Å². The molecule has 28 heavy (non-hydrogen) atoms. The van der Waals surface area contributed by atoms with Crippen molar-refractivity contribution < 1.29 is 14.3 Å². The van der Waals surface area contributed by atoms with Crippen LogP contribution < -0.4 is 14.8 Å². The predicted octanol–water partition coefficient (Wildman–Crippen LogP) is 5.37. The van der Waals surface area contributed by atoms with E-state index in [1.165, 1.54) is 0 Å². The number of nitrogens with one attached hydrogen (secondary N) is 1. The van der Waals surface area contributed by atoms with E-state index in [1.807, 2.05) is 63.2 Å². The normalized spacial score (nSPS) is 13.1. The zero-order chi connectivity index (χ0) is 20.7. The SMILES string of the molecule is CC[C@H](Oc1cccc(C)c1C)C(=O)N[C@H](CC(C)C)c1ccc(OC)cc1. The minimum absolute atomic E-state index is 0.0605. The van der Waals surface area contributed by atoms with Gasteiger partial charge in [0.1, 0.15) is 11.5 Å². The van der Waals surface area contributed by atoms with E-state index in [9.17, 15) is 4.79 Å². The molecule has 0 unspecified atom stereocenters. The number of rotatable bonds is 9. The van der Waals surface area contributed by atoms with Crippen LogP contribution >= 0.6 is 0 Å². The second-order valence-electron chi connectivity index (χ2n) is 7.68. The van der Waals surface area contributed by atoms with Crippen molar-refractivity contribution in [3.05, 3.63) is 59.2 Å². The fourth-order valence-electron chi connectivity index (χ4n) is 3.18. The molecule has 4 heteroatoms. The number of aryl methyl sites for hydroxylation is 1. The molecule has 2 rings (SSSR count). The van der Waals surface area contributed by atoms with E-state index in [4.69, 9.17) is 9.47 Å². The summed E-state index contributed by atoms with van der Waals surface area (Å²) >= 11 is 0. The van der Waals surface area contributed by atoms with E-state index in [1.54, 1.807) is 7.11 Å². The maximum absolute atomic E-state index is 13.0. The summed E-state index contributed by atoms with van der Waals surface area (Å²) in [4.78, 5) is 13.0. The third-order valence-electron chi connectivity index (χ3n) is 5.03. The summed E-state index contributed by atoms with van der Waals surface area (Å²) < 4.78 is 11.3. The molecule has 152 valence electrons. The summed E-state index contributed by atoms with van der Waals surface area (Å²) in [6, 6.07) is 13.8. The Balaban J connectivity index is 2.16. The molecular weight excluding hydrogens is 350 g/mol. The molecule has 1 N–H and O–H groups in total. The lowest BCUT2D eigenvalue weighted by atomic mass is 9.96. The summed E-state index contributed by atoms with van der Waals surface area (Å²) in [5, 5.41) is 3.20. The van der Waals surface area contributed by atoms with Gasteiger partial charge in [0.05, 0.1) is 13.2 Å². The first kappa shape index (κ1) is 21.8. The number of ether oxygens (including phenoxy) is 2. The molecule has 2 aromatic rings. The van der Waals surface area contributed by atoms with Crippen LogP contribution in [0.4, 0.5) is 0 Å². The van der Waals surface area contributed by atoms with E-state index < -0.39 is 6.10 Å². The molecule has 0 fully saturated rings. The summed E-state index contributed by atoms with van der Waals surface area (Å²) in [6.07, 6.45) is 0.946. The van der Waals surface area contributed by atoms with Crippen LogP contribution in [0.3, 0.4) is 0 Å². The van der Waals surface area contributed by atoms with Crippen molar-refractivity contribution in [3.8, 4) is 11.5 Å². The average molecular weight is 384 g/mol. The Hall–Kier alpha value is -2.49. The van der Waals surface area contributed by atoms with Gasteiger partial charge in [-0.15, -0.1) is 0 Å². The Kier molecular flexibility index (Phi) is 7.91. The predicted molar refractivity (Wildman–Crippen MR) is 114 cm³/mol. The van der Waals surface area contributed by atoms with Crippen molar-refractivity contribution in [2.45, 2.75) is 59.6 Å². The molecule has 0 aliphatic carbocycles.